The van der Waals surface area contributed by atoms with Crippen LogP contribution in [-0.4, -0.2) is 24.2 Å². The fourth-order valence-corrected chi connectivity index (χ4v) is 5.74. The third kappa shape index (κ3) is 2.41. The number of rotatable bonds is 6. The highest BCUT2D eigenvalue weighted by Crippen LogP contribution is 2.68. The first-order valence-electron chi connectivity index (χ1n) is 8.38. The number of hydrogen-bond donors (Lipinski definition) is 0. The molecule has 0 aliphatic heterocycles. The van der Waals surface area contributed by atoms with E-state index in [-0.39, 0.29) is 12.1 Å². The fraction of sp³-hybridized carbons (Fsp3) is 0.882. The van der Waals surface area contributed by atoms with Gasteiger partial charge in [-0.1, -0.05) is 13.3 Å². The van der Waals surface area contributed by atoms with Gasteiger partial charge in [-0.3, -0.25) is 0 Å². The molecule has 0 spiro atoms. The molecule has 3 aliphatic carbocycles. The normalized spacial score (nSPS) is 41.2. The van der Waals surface area contributed by atoms with Gasteiger partial charge in [0.05, 0.1) is 12.1 Å². The van der Waals surface area contributed by atoms with Crippen LogP contribution in [0.4, 0.5) is 0 Å². The molecule has 0 radical (unpaired) electrons. The molecule has 3 rings (SSSR count). The van der Waals surface area contributed by atoms with Crippen molar-refractivity contribution in [3.05, 3.63) is 0 Å². The van der Waals surface area contributed by atoms with Crippen LogP contribution in [-0.2, 0) is 9.59 Å². The lowest BCUT2D eigenvalue weighted by molar-refractivity contribution is 0.124. The molecule has 3 fully saturated rings. The Balaban J connectivity index is 1.75. The molecule has 2 bridgehead atoms. The van der Waals surface area contributed by atoms with Gasteiger partial charge in [0.2, 0.25) is 12.2 Å². The average molecular weight is 288 g/mol. The lowest BCUT2D eigenvalue weighted by atomic mass is 9.67. The third-order valence-electron chi connectivity index (χ3n) is 6.56. The van der Waals surface area contributed by atoms with Crippen molar-refractivity contribution in [1.82, 2.24) is 0 Å². The van der Waals surface area contributed by atoms with Crippen molar-refractivity contribution >= 4 is 12.2 Å². The van der Waals surface area contributed by atoms with Crippen LogP contribution in [0.3, 0.4) is 0 Å². The van der Waals surface area contributed by atoms with Crippen molar-refractivity contribution in [3.63, 3.8) is 0 Å². The maximum absolute atomic E-state index is 10.7. The van der Waals surface area contributed by atoms with Crippen molar-refractivity contribution in [2.75, 3.05) is 0 Å². The van der Waals surface area contributed by atoms with Gasteiger partial charge in [-0.05, 0) is 68.1 Å². The molecule has 0 aromatic rings. The van der Waals surface area contributed by atoms with Crippen LogP contribution in [0.5, 0.6) is 0 Å². The highest BCUT2D eigenvalue weighted by Gasteiger charge is 2.62. The van der Waals surface area contributed by atoms with Gasteiger partial charge in [0.15, 0.2) is 0 Å². The van der Waals surface area contributed by atoms with Crippen LogP contribution in [0.1, 0.15) is 58.3 Å². The third-order valence-corrected chi connectivity index (χ3v) is 6.56. The van der Waals surface area contributed by atoms with Gasteiger partial charge >= 0.3 is 0 Å². The topological polar surface area (TPSA) is 58.9 Å². The maximum Gasteiger partial charge on any atom is 0.235 e. The lowest BCUT2D eigenvalue weighted by Crippen LogP contribution is -2.34. The van der Waals surface area contributed by atoms with Crippen LogP contribution >= 0.6 is 0 Å². The number of isocyanates is 2. The quantitative estimate of drug-likeness (QED) is 0.555. The highest BCUT2D eigenvalue weighted by molar-refractivity contribution is 5.35. The maximum atomic E-state index is 10.7. The monoisotopic (exact) mass is 288 g/mol. The van der Waals surface area contributed by atoms with Gasteiger partial charge in [-0.2, -0.15) is 0 Å². The van der Waals surface area contributed by atoms with Crippen molar-refractivity contribution in [2.24, 2.45) is 33.2 Å². The number of carbonyl (C=O) groups excluding carboxylic acids is 2. The van der Waals surface area contributed by atoms with E-state index >= 15 is 0 Å². The molecule has 3 saturated carbocycles. The Morgan fingerprint density at radius 3 is 2.76 bits per heavy atom. The minimum Gasteiger partial charge on any atom is -0.211 e. The van der Waals surface area contributed by atoms with Gasteiger partial charge < -0.3 is 0 Å². The zero-order valence-corrected chi connectivity index (χ0v) is 12.8. The number of aliphatic imine (C=N–C) groups is 2. The largest absolute Gasteiger partial charge is 0.235 e. The molecular formula is C17H24N2O2. The Hall–Kier alpha value is -1.24. The van der Waals surface area contributed by atoms with E-state index in [1.165, 1.54) is 25.7 Å². The summed E-state index contributed by atoms with van der Waals surface area (Å²) in [5.41, 5.74) is 0.350. The van der Waals surface area contributed by atoms with Gasteiger partial charge in [-0.15, -0.1) is 0 Å². The van der Waals surface area contributed by atoms with E-state index < -0.39 is 0 Å². The lowest BCUT2D eigenvalue weighted by Gasteiger charge is -2.38. The molecular weight excluding hydrogens is 264 g/mol. The van der Waals surface area contributed by atoms with Crippen LogP contribution in [0, 0.1) is 23.2 Å². The molecule has 0 heterocycles. The summed E-state index contributed by atoms with van der Waals surface area (Å²) >= 11 is 0. The first kappa shape index (κ1) is 14.7. The Labute approximate surface area is 126 Å². The second-order valence-corrected chi connectivity index (χ2v) is 7.24. The Morgan fingerprint density at radius 1 is 1.19 bits per heavy atom. The summed E-state index contributed by atoms with van der Waals surface area (Å²) in [6.45, 7) is 2.08. The molecule has 6 unspecified atom stereocenters. The smallest absolute Gasteiger partial charge is 0.211 e. The first-order chi connectivity index (χ1) is 10.2. The molecule has 0 amide bonds. The SMILES string of the molecule is CCC(CCC12CC(N=C=O)C(C1)C1CCCC12)N=C=O. The summed E-state index contributed by atoms with van der Waals surface area (Å²) in [7, 11) is 0. The second kappa shape index (κ2) is 5.87. The summed E-state index contributed by atoms with van der Waals surface area (Å²) in [4.78, 5) is 29.2. The summed E-state index contributed by atoms with van der Waals surface area (Å²) in [6.07, 6.45) is 12.8. The minimum atomic E-state index is 0.115. The second-order valence-electron chi connectivity index (χ2n) is 7.24. The molecule has 4 nitrogen and oxygen atoms in total. The van der Waals surface area contributed by atoms with Gasteiger partial charge in [0.25, 0.3) is 0 Å². The number of nitrogens with zero attached hydrogens (tertiary/aromatic N) is 2. The van der Waals surface area contributed by atoms with E-state index in [1.54, 1.807) is 12.2 Å². The van der Waals surface area contributed by atoms with E-state index in [2.05, 4.69) is 16.9 Å². The Bertz CT molecular complexity index is 493. The van der Waals surface area contributed by atoms with E-state index in [0.717, 1.165) is 37.5 Å². The Kier molecular flexibility index (Phi) is 4.10. The zero-order valence-electron chi connectivity index (χ0n) is 12.8. The van der Waals surface area contributed by atoms with E-state index in [4.69, 9.17) is 0 Å². The fourth-order valence-electron chi connectivity index (χ4n) is 5.74. The highest BCUT2D eigenvalue weighted by atomic mass is 16.1. The van der Waals surface area contributed by atoms with E-state index in [1.807, 2.05) is 0 Å². The molecule has 21 heavy (non-hydrogen) atoms. The molecule has 3 aliphatic rings. The summed E-state index contributed by atoms with van der Waals surface area (Å²) in [5, 5.41) is 0. The molecule has 0 aromatic heterocycles. The molecule has 114 valence electrons. The minimum absolute atomic E-state index is 0.115. The predicted octanol–water partition coefficient (Wildman–Crippen LogP) is 3.41. The van der Waals surface area contributed by atoms with Gasteiger partial charge in [0.1, 0.15) is 0 Å². The molecule has 0 aromatic carbocycles. The first-order valence-corrected chi connectivity index (χ1v) is 8.38. The van der Waals surface area contributed by atoms with Gasteiger partial charge in [0, 0.05) is 0 Å². The van der Waals surface area contributed by atoms with Crippen molar-refractivity contribution in [1.29, 1.82) is 0 Å². The van der Waals surface area contributed by atoms with E-state index in [0.29, 0.717) is 11.3 Å². The molecule has 0 saturated heterocycles. The van der Waals surface area contributed by atoms with Crippen molar-refractivity contribution < 1.29 is 9.59 Å². The molecule has 0 N–H and O–H groups in total. The molecule has 6 atom stereocenters. The van der Waals surface area contributed by atoms with Crippen LogP contribution in [0.15, 0.2) is 9.98 Å². The van der Waals surface area contributed by atoms with Crippen LogP contribution in [0.2, 0.25) is 0 Å². The van der Waals surface area contributed by atoms with Crippen molar-refractivity contribution in [3.8, 4) is 0 Å². The zero-order chi connectivity index (χ0) is 14.9. The summed E-state index contributed by atoms with van der Waals surface area (Å²) in [5.74, 6) is 2.20. The predicted molar refractivity (Wildman–Crippen MR) is 79.3 cm³/mol. The summed E-state index contributed by atoms with van der Waals surface area (Å²) in [6, 6.07) is 0.320. The van der Waals surface area contributed by atoms with Crippen LogP contribution in [0.25, 0.3) is 0 Å². The van der Waals surface area contributed by atoms with Gasteiger partial charge in [-0.25, -0.2) is 19.6 Å². The number of hydrogen-bond acceptors (Lipinski definition) is 4. The molecule has 4 heteroatoms. The average Bonchev–Trinajstić information content (AvgIpc) is 3.15. The standard InChI is InChI=1S/C17H24N2O2/c1-2-12(18-10-20)6-7-17-8-14(16(9-17)19-11-21)13-4-3-5-15(13)17/h12-16H,2-9H2,1H3. The summed E-state index contributed by atoms with van der Waals surface area (Å²) < 4.78 is 0. The van der Waals surface area contributed by atoms with Crippen molar-refractivity contribution in [2.45, 2.75) is 70.4 Å². The van der Waals surface area contributed by atoms with Crippen LogP contribution < -0.4 is 0 Å². The van der Waals surface area contributed by atoms with E-state index in [9.17, 15) is 9.59 Å². The Morgan fingerprint density at radius 2 is 2.05 bits per heavy atom. The number of fused-ring (bicyclic) bond motifs is 5.